The second kappa shape index (κ2) is 6.92. The van der Waals surface area contributed by atoms with Crippen molar-refractivity contribution in [3.63, 3.8) is 0 Å². The lowest BCUT2D eigenvalue weighted by Gasteiger charge is -2.32. The largest absolute Gasteiger partial charge is 0.498 e. The fourth-order valence-corrected chi connectivity index (χ4v) is 3.91. The van der Waals surface area contributed by atoms with Crippen LogP contribution in [0.15, 0.2) is 17.6 Å². The quantitative estimate of drug-likeness (QED) is 0.625. The molecular weight excluding hydrogens is 325 g/mol. The molecule has 24 heavy (non-hydrogen) atoms. The molecule has 2 aliphatic rings. The van der Waals surface area contributed by atoms with E-state index in [1.165, 1.54) is 0 Å². The molecule has 2 saturated heterocycles. The summed E-state index contributed by atoms with van der Waals surface area (Å²) in [5.41, 5.74) is 0.141. The Bertz CT molecular complexity index is 554. The molecule has 0 amide bonds. The number of nitrogens with zero attached hydrogens (tertiary/aromatic N) is 3. The Morgan fingerprint density at radius 2 is 1.88 bits per heavy atom. The number of β-amino-alcohol motifs (C(OH)–C–C–N with tert-alkyl or cyclic N) is 1. The van der Waals surface area contributed by atoms with Crippen LogP contribution in [0.2, 0.25) is 0 Å². The van der Waals surface area contributed by atoms with Crippen LogP contribution in [0, 0.1) is 0 Å². The van der Waals surface area contributed by atoms with Gasteiger partial charge in [0.2, 0.25) is 0 Å². The number of thioether (sulfide) groups is 1. The lowest BCUT2D eigenvalue weighted by atomic mass is 9.81. The summed E-state index contributed by atoms with van der Waals surface area (Å²) in [7, 11) is -0.416. The first kappa shape index (κ1) is 18.1. The lowest BCUT2D eigenvalue weighted by Crippen LogP contribution is -2.41. The third kappa shape index (κ3) is 3.78. The Balaban J connectivity index is 1.59. The van der Waals surface area contributed by atoms with E-state index in [2.05, 4.69) is 14.9 Å². The van der Waals surface area contributed by atoms with Gasteiger partial charge in [-0.3, -0.25) is 4.90 Å². The van der Waals surface area contributed by atoms with Crippen LogP contribution in [0.3, 0.4) is 0 Å². The summed E-state index contributed by atoms with van der Waals surface area (Å²) < 4.78 is 12.1. The van der Waals surface area contributed by atoms with Gasteiger partial charge in [0.05, 0.1) is 17.8 Å². The maximum absolute atomic E-state index is 9.01. The van der Waals surface area contributed by atoms with E-state index in [0.717, 1.165) is 36.7 Å². The molecule has 0 saturated carbocycles. The van der Waals surface area contributed by atoms with Crippen LogP contribution in [0.25, 0.3) is 0 Å². The maximum atomic E-state index is 9.01. The van der Waals surface area contributed by atoms with Gasteiger partial charge < -0.3 is 14.4 Å². The summed E-state index contributed by atoms with van der Waals surface area (Å²) in [4.78, 5) is 11.2. The minimum Gasteiger partial charge on any atom is -0.399 e. The van der Waals surface area contributed by atoms with Crippen molar-refractivity contribution in [2.24, 2.45) is 0 Å². The molecule has 0 aliphatic carbocycles. The van der Waals surface area contributed by atoms with Crippen LogP contribution in [-0.2, 0) is 9.31 Å². The second-order valence-electron chi connectivity index (χ2n) is 7.44. The van der Waals surface area contributed by atoms with Crippen LogP contribution >= 0.6 is 11.8 Å². The molecule has 6 nitrogen and oxygen atoms in total. The number of aliphatic hydroxyl groups is 1. The fourth-order valence-electron chi connectivity index (χ4n) is 2.87. The zero-order chi connectivity index (χ0) is 17.4. The summed E-state index contributed by atoms with van der Waals surface area (Å²) in [5, 5.41) is 10.3. The predicted octanol–water partition coefficient (Wildman–Crippen LogP) is 0.934. The topological polar surface area (TPSA) is 67.7 Å². The van der Waals surface area contributed by atoms with E-state index >= 15 is 0 Å². The van der Waals surface area contributed by atoms with Gasteiger partial charge in [-0.05, 0) is 40.7 Å². The van der Waals surface area contributed by atoms with Gasteiger partial charge in [0, 0.05) is 36.2 Å². The highest BCUT2D eigenvalue weighted by molar-refractivity contribution is 7.99. The number of hydrogen-bond donors (Lipinski definition) is 1. The molecule has 2 fully saturated rings. The predicted molar refractivity (Wildman–Crippen MR) is 95.5 cm³/mol. The lowest BCUT2D eigenvalue weighted by molar-refractivity contribution is 0.00578. The monoisotopic (exact) mass is 351 g/mol. The Kier molecular flexibility index (Phi) is 5.23. The molecule has 2 aliphatic heterocycles. The summed E-state index contributed by atoms with van der Waals surface area (Å²) in [5.74, 6) is 0. The van der Waals surface area contributed by atoms with Gasteiger partial charge in [0.1, 0.15) is 0 Å². The van der Waals surface area contributed by atoms with Gasteiger partial charge in [-0.25, -0.2) is 9.97 Å². The Morgan fingerprint density at radius 1 is 1.25 bits per heavy atom. The van der Waals surface area contributed by atoms with Crippen molar-refractivity contribution in [3.8, 4) is 0 Å². The van der Waals surface area contributed by atoms with Crippen LogP contribution in [0.4, 0.5) is 0 Å². The number of aromatic nitrogens is 2. The van der Waals surface area contributed by atoms with Gasteiger partial charge in [0.15, 0.2) is 5.16 Å². The summed E-state index contributed by atoms with van der Waals surface area (Å²) in [6.45, 7) is 11.1. The highest BCUT2D eigenvalue weighted by Crippen LogP contribution is 2.36. The summed E-state index contributed by atoms with van der Waals surface area (Å²) in [6, 6.07) is 0. The van der Waals surface area contributed by atoms with E-state index in [0.29, 0.717) is 5.25 Å². The molecule has 1 N–H and O–H groups in total. The molecule has 3 rings (SSSR count). The van der Waals surface area contributed by atoms with Gasteiger partial charge >= 0.3 is 7.12 Å². The van der Waals surface area contributed by atoms with Crippen molar-refractivity contribution in [2.75, 3.05) is 26.2 Å². The van der Waals surface area contributed by atoms with E-state index in [1.807, 2.05) is 27.7 Å². The molecule has 1 aromatic heterocycles. The first-order valence-corrected chi connectivity index (χ1v) is 9.36. The zero-order valence-electron chi connectivity index (χ0n) is 14.9. The van der Waals surface area contributed by atoms with E-state index in [9.17, 15) is 0 Å². The normalized spacial score (nSPS) is 26.2. The SMILES string of the molecule is CC1(C)OB(c2cnc(S[C@@H]3CCN(CCO)C3)nc2)OC1(C)C. The average Bonchev–Trinajstić information content (AvgIpc) is 3.02. The van der Waals surface area contributed by atoms with E-state index in [4.69, 9.17) is 14.4 Å². The van der Waals surface area contributed by atoms with Crippen molar-refractivity contribution in [1.29, 1.82) is 0 Å². The molecule has 1 atom stereocenters. The van der Waals surface area contributed by atoms with Crippen LogP contribution in [0.1, 0.15) is 34.1 Å². The first-order valence-electron chi connectivity index (χ1n) is 8.48. The van der Waals surface area contributed by atoms with E-state index in [-0.39, 0.29) is 17.8 Å². The standard InChI is InChI=1S/C16H26BN3O3S/c1-15(2)16(3,4)23-17(22-15)12-9-18-14(19-10-12)24-13-5-6-20(11-13)7-8-21/h9-10,13,21H,5-8,11H2,1-4H3/t13-/m1/s1. The zero-order valence-corrected chi connectivity index (χ0v) is 15.7. The molecular formula is C16H26BN3O3S. The third-order valence-electron chi connectivity index (χ3n) is 5.09. The number of aliphatic hydroxyl groups excluding tert-OH is 1. The minimum atomic E-state index is -0.416. The van der Waals surface area contributed by atoms with Gasteiger partial charge in [-0.2, -0.15) is 0 Å². The Hall–Kier alpha value is -0.665. The van der Waals surface area contributed by atoms with Gasteiger partial charge in [-0.15, -0.1) is 0 Å². The highest BCUT2D eigenvalue weighted by Gasteiger charge is 2.51. The molecule has 0 unspecified atom stereocenters. The molecule has 0 aromatic carbocycles. The molecule has 0 radical (unpaired) electrons. The highest BCUT2D eigenvalue weighted by atomic mass is 32.2. The van der Waals surface area contributed by atoms with Crippen molar-refractivity contribution in [3.05, 3.63) is 12.4 Å². The number of likely N-dealkylation sites (tertiary alicyclic amines) is 1. The van der Waals surface area contributed by atoms with Crippen LogP contribution in [0.5, 0.6) is 0 Å². The van der Waals surface area contributed by atoms with Gasteiger partial charge in [-0.1, -0.05) is 11.8 Å². The second-order valence-corrected chi connectivity index (χ2v) is 8.71. The third-order valence-corrected chi connectivity index (χ3v) is 6.23. The van der Waals surface area contributed by atoms with E-state index < -0.39 is 7.12 Å². The number of hydrogen-bond acceptors (Lipinski definition) is 7. The van der Waals surface area contributed by atoms with Crippen LogP contribution in [-0.4, -0.2) is 69.8 Å². The smallest absolute Gasteiger partial charge is 0.399 e. The van der Waals surface area contributed by atoms with E-state index in [1.54, 1.807) is 24.2 Å². The van der Waals surface area contributed by atoms with Crippen molar-refractivity contribution >= 4 is 24.3 Å². The summed E-state index contributed by atoms with van der Waals surface area (Å²) >= 11 is 1.70. The van der Waals surface area contributed by atoms with Crippen molar-refractivity contribution in [1.82, 2.24) is 14.9 Å². The molecule has 8 heteroatoms. The molecule has 132 valence electrons. The minimum absolute atomic E-state index is 0.219. The molecule has 0 spiro atoms. The molecule has 1 aromatic rings. The van der Waals surface area contributed by atoms with Gasteiger partial charge in [0.25, 0.3) is 0 Å². The average molecular weight is 351 g/mol. The maximum Gasteiger partial charge on any atom is 0.498 e. The summed E-state index contributed by atoms with van der Waals surface area (Å²) in [6.07, 6.45) is 4.71. The Morgan fingerprint density at radius 3 is 2.46 bits per heavy atom. The van der Waals surface area contributed by atoms with Crippen LogP contribution < -0.4 is 5.46 Å². The van der Waals surface area contributed by atoms with Crippen molar-refractivity contribution in [2.45, 2.75) is 55.7 Å². The first-order chi connectivity index (χ1) is 11.3. The Labute approximate surface area is 148 Å². The molecule has 3 heterocycles. The molecule has 0 bridgehead atoms. The number of rotatable bonds is 5. The fraction of sp³-hybridized carbons (Fsp3) is 0.750. The van der Waals surface area contributed by atoms with Crippen molar-refractivity contribution < 1.29 is 14.4 Å².